The monoisotopic (exact) mass is 749 g/mol. The summed E-state index contributed by atoms with van der Waals surface area (Å²) in [5.74, 6) is 2.34. The molecule has 0 spiro atoms. The van der Waals surface area contributed by atoms with E-state index in [9.17, 15) is 0 Å². The average Bonchev–Trinajstić information content (AvgIpc) is 3.91. The second kappa shape index (κ2) is 13.1. The van der Waals surface area contributed by atoms with Crippen LogP contribution in [0.2, 0.25) is 0 Å². The Kier molecular flexibility index (Phi) is 7.63. The van der Waals surface area contributed by atoms with E-state index in [1.165, 1.54) is 27.4 Å². The highest BCUT2D eigenvalue weighted by molar-refractivity contribution is 6.12. The van der Waals surface area contributed by atoms with E-state index in [-0.39, 0.29) is 5.41 Å². The molecule has 7 aromatic carbocycles. The largest absolute Gasteiger partial charge is 0.458 e. The minimum Gasteiger partial charge on any atom is -0.458 e. The zero-order valence-corrected chi connectivity index (χ0v) is 32.5. The van der Waals surface area contributed by atoms with Gasteiger partial charge in [0.2, 0.25) is 0 Å². The summed E-state index contributed by atoms with van der Waals surface area (Å²) in [5.41, 5.74) is 10.9. The Balaban J connectivity index is 1.06. The molecule has 0 saturated carbocycles. The SMILES string of the molecule is CC(C)(C)c1ccnc(-n2c3cc(Oc4cccc(-n5[c-][n+](-c6ccccc6)c6ccccc65)c4)ccc3c3ccc(-n4c5ccccc5c5ccccc54)cc32)c1. The van der Waals surface area contributed by atoms with Gasteiger partial charge in [0.15, 0.2) is 0 Å². The van der Waals surface area contributed by atoms with Gasteiger partial charge in [0, 0.05) is 39.5 Å². The predicted octanol–water partition coefficient (Wildman–Crippen LogP) is 12.4. The number of pyridine rings is 1. The van der Waals surface area contributed by atoms with Crippen molar-refractivity contribution < 1.29 is 9.30 Å². The van der Waals surface area contributed by atoms with E-state index in [4.69, 9.17) is 9.72 Å². The topological polar surface area (TPSA) is 40.8 Å². The second-order valence-electron chi connectivity index (χ2n) is 15.9. The first kappa shape index (κ1) is 33.9. The van der Waals surface area contributed by atoms with Crippen molar-refractivity contribution in [3.05, 3.63) is 194 Å². The standard InChI is InChI=1S/C52H39N5O/c1-52(2,3)35-28-29-53-51(30-35)57-49-32-38(56-45-20-9-7-18-41(45)42-19-8-10-21-46(42)56)24-26-43(49)44-27-25-40(33-50(44)57)58-39-17-13-16-37(31-39)55-34-54(36-14-5-4-6-15-36)47-22-11-12-23-48(47)55/h4-33H,1-3H3. The molecule has 4 heterocycles. The first-order valence-electron chi connectivity index (χ1n) is 19.7. The molecule has 0 aliphatic heterocycles. The molecule has 0 atom stereocenters. The zero-order chi connectivity index (χ0) is 39.0. The summed E-state index contributed by atoms with van der Waals surface area (Å²) in [6.45, 7) is 6.73. The van der Waals surface area contributed by atoms with Crippen molar-refractivity contribution in [2.24, 2.45) is 0 Å². The molecule has 58 heavy (non-hydrogen) atoms. The molecular formula is C52H39N5O. The van der Waals surface area contributed by atoms with Gasteiger partial charge in [-0.15, -0.1) is 0 Å². The smallest absolute Gasteiger partial charge is 0.269 e. The van der Waals surface area contributed by atoms with Gasteiger partial charge in [-0.1, -0.05) is 112 Å². The van der Waals surface area contributed by atoms with Crippen molar-refractivity contribution >= 4 is 54.6 Å². The van der Waals surface area contributed by atoms with Crippen molar-refractivity contribution in [1.29, 1.82) is 0 Å². The number of imidazole rings is 1. The maximum Gasteiger partial charge on any atom is 0.269 e. The van der Waals surface area contributed by atoms with Crippen LogP contribution >= 0.6 is 0 Å². The van der Waals surface area contributed by atoms with E-state index < -0.39 is 0 Å². The van der Waals surface area contributed by atoms with Gasteiger partial charge in [-0.2, -0.15) is 0 Å². The van der Waals surface area contributed by atoms with Gasteiger partial charge >= 0.3 is 0 Å². The molecule has 4 aromatic heterocycles. The van der Waals surface area contributed by atoms with E-state index in [1.807, 2.05) is 24.4 Å². The number of rotatable bonds is 6. The lowest BCUT2D eigenvalue weighted by Crippen LogP contribution is -2.29. The van der Waals surface area contributed by atoms with Crippen molar-refractivity contribution in [2.75, 3.05) is 0 Å². The summed E-state index contributed by atoms with van der Waals surface area (Å²) in [7, 11) is 0. The molecule has 0 aliphatic rings. The molecule has 0 aliphatic carbocycles. The Morgan fingerprint density at radius 2 is 1.14 bits per heavy atom. The number of fused-ring (bicyclic) bond motifs is 7. The number of para-hydroxylation sites is 5. The predicted molar refractivity (Wildman–Crippen MR) is 235 cm³/mol. The maximum absolute atomic E-state index is 6.72. The Bertz CT molecular complexity index is 3310. The van der Waals surface area contributed by atoms with Crippen molar-refractivity contribution in [3.63, 3.8) is 0 Å². The maximum atomic E-state index is 6.72. The van der Waals surface area contributed by atoms with Crippen LogP contribution in [0.25, 0.3) is 77.5 Å². The molecule has 11 rings (SSSR count). The molecule has 0 unspecified atom stereocenters. The summed E-state index contributed by atoms with van der Waals surface area (Å²) in [6.07, 6.45) is 5.52. The Labute approximate surface area is 336 Å². The Morgan fingerprint density at radius 1 is 0.500 bits per heavy atom. The Morgan fingerprint density at radius 3 is 1.90 bits per heavy atom. The van der Waals surface area contributed by atoms with E-state index in [1.54, 1.807) is 0 Å². The summed E-state index contributed by atoms with van der Waals surface area (Å²) < 4.78 is 15.6. The fourth-order valence-electron chi connectivity index (χ4n) is 8.49. The fraction of sp³-hybridized carbons (Fsp3) is 0.0769. The number of hydrogen-bond acceptors (Lipinski definition) is 2. The molecule has 11 aromatic rings. The molecule has 6 nitrogen and oxygen atoms in total. The number of ether oxygens (including phenoxy) is 1. The van der Waals surface area contributed by atoms with Crippen LogP contribution < -0.4 is 9.30 Å². The number of benzene rings is 7. The van der Waals surface area contributed by atoms with Crippen molar-refractivity contribution in [2.45, 2.75) is 26.2 Å². The first-order chi connectivity index (χ1) is 28.4. The van der Waals surface area contributed by atoms with Crippen LogP contribution in [0.1, 0.15) is 26.3 Å². The van der Waals surface area contributed by atoms with E-state index in [0.29, 0.717) is 0 Å². The van der Waals surface area contributed by atoms with Gasteiger partial charge in [0.25, 0.3) is 6.33 Å². The molecule has 0 bridgehead atoms. The summed E-state index contributed by atoms with van der Waals surface area (Å²) in [5, 5.41) is 4.76. The lowest BCUT2D eigenvalue weighted by molar-refractivity contribution is -0.572. The summed E-state index contributed by atoms with van der Waals surface area (Å²) in [4.78, 5) is 5.00. The minimum absolute atomic E-state index is 0.0489. The third kappa shape index (κ3) is 5.48. The minimum atomic E-state index is -0.0489. The highest BCUT2D eigenvalue weighted by atomic mass is 16.5. The van der Waals surface area contributed by atoms with Crippen LogP contribution in [0.5, 0.6) is 11.5 Å². The Hall–Kier alpha value is -7.44. The van der Waals surface area contributed by atoms with Crippen LogP contribution in [0.15, 0.2) is 182 Å². The van der Waals surface area contributed by atoms with E-state index >= 15 is 0 Å². The lowest BCUT2D eigenvalue weighted by atomic mass is 9.88. The summed E-state index contributed by atoms with van der Waals surface area (Å²) in [6, 6.07) is 61.8. The van der Waals surface area contributed by atoms with Gasteiger partial charge in [-0.3, -0.25) is 13.7 Å². The van der Waals surface area contributed by atoms with Gasteiger partial charge in [0.1, 0.15) is 17.3 Å². The van der Waals surface area contributed by atoms with Crippen LogP contribution in [0, 0.1) is 6.33 Å². The quantitative estimate of drug-likeness (QED) is 0.125. The molecule has 0 amide bonds. The average molecular weight is 750 g/mol. The summed E-state index contributed by atoms with van der Waals surface area (Å²) >= 11 is 0. The highest BCUT2D eigenvalue weighted by Gasteiger charge is 2.20. The van der Waals surface area contributed by atoms with Crippen molar-refractivity contribution in [1.82, 2.24) is 18.7 Å². The number of nitrogens with zero attached hydrogens (tertiary/aromatic N) is 5. The van der Waals surface area contributed by atoms with Crippen LogP contribution in [-0.2, 0) is 5.41 Å². The third-order valence-electron chi connectivity index (χ3n) is 11.3. The molecular weight excluding hydrogens is 711 g/mol. The molecule has 0 radical (unpaired) electrons. The third-order valence-corrected chi connectivity index (χ3v) is 11.3. The van der Waals surface area contributed by atoms with E-state index in [2.05, 4.69) is 203 Å². The molecule has 6 heteroatoms. The normalized spacial score (nSPS) is 12.1. The zero-order valence-electron chi connectivity index (χ0n) is 32.5. The highest BCUT2D eigenvalue weighted by Crippen LogP contribution is 2.39. The van der Waals surface area contributed by atoms with Crippen LogP contribution in [0.3, 0.4) is 0 Å². The lowest BCUT2D eigenvalue weighted by Gasteiger charge is -2.20. The van der Waals surface area contributed by atoms with E-state index in [0.717, 1.165) is 67.2 Å². The van der Waals surface area contributed by atoms with Gasteiger partial charge in [0.05, 0.1) is 44.5 Å². The second-order valence-corrected chi connectivity index (χ2v) is 15.9. The molecule has 0 N–H and O–H groups in total. The van der Waals surface area contributed by atoms with Crippen LogP contribution in [0.4, 0.5) is 0 Å². The molecule has 0 saturated heterocycles. The van der Waals surface area contributed by atoms with Crippen molar-refractivity contribution in [3.8, 4) is 34.4 Å². The molecule has 0 fully saturated rings. The molecule has 278 valence electrons. The van der Waals surface area contributed by atoms with Gasteiger partial charge in [-0.05, 0) is 89.8 Å². The number of aromatic nitrogens is 5. The number of hydrogen-bond donors (Lipinski definition) is 0. The first-order valence-corrected chi connectivity index (χ1v) is 19.7. The van der Waals surface area contributed by atoms with Gasteiger partial charge in [-0.25, -0.2) is 4.98 Å². The van der Waals surface area contributed by atoms with Gasteiger partial charge < -0.3 is 9.30 Å². The fourth-order valence-corrected chi connectivity index (χ4v) is 8.49. The van der Waals surface area contributed by atoms with Crippen LogP contribution in [-0.4, -0.2) is 18.7 Å².